The molecule has 0 fully saturated rings. The summed E-state index contributed by atoms with van der Waals surface area (Å²) in [6.45, 7) is 13.3. The summed E-state index contributed by atoms with van der Waals surface area (Å²) in [5, 5.41) is 2.28. The molecule has 4 heterocycles. The Balaban J connectivity index is 1.69. The van der Waals surface area contributed by atoms with Gasteiger partial charge in [-0.25, -0.2) is 0 Å². The summed E-state index contributed by atoms with van der Waals surface area (Å²) in [5.74, 6) is 0. The van der Waals surface area contributed by atoms with Crippen LogP contribution in [0.25, 0.3) is 21.3 Å². The number of pyridine rings is 1. The number of rotatable bonds is 4. The van der Waals surface area contributed by atoms with Gasteiger partial charge in [0.2, 0.25) is 0 Å². The minimum atomic E-state index is -3.01. The van der Waals surface area contributed by atoms with Gasteiger partial charge in [-0.05, 0) is 58.7 Å². The second-order valence-corrected chi connectivity index (χ2v) is 17.7. The molecule has 5 rings (SSSR count). The number of aromatic nitrogens is 1. The number of hydrogen-bond acceptors (Lipinski definition) is 5. The van der Waals surface area contributed by atoms with E-state index in [9.17, 15) is 0 Å². The third-order valence-electron chi connectivity index (χ3n) is 6.09. The first-order valence-electron chi connectivity index (χ1n) is 11.7. The molecule has 0 aliphatic heterocycles. The average molecular weight is 536 g/mol. The predicted molar refractivity (Wildman–Crippen MR) is 158 cm³/mol. The van der Waals surface area contributed by atoms with Gasteiger partial charge >= 0.3 is 0 Å². The molecule has 0 saturated heterocycles. The molecule has 2 nitrogen and oxygen atoms in total. The first kappa shape index (κ1) is 24.6. The Morgan fingerprint density at radius 3 is 1.77 bits per heavy atom. The van der Waals surface area contributed by atoms with Crippen LogP contribution in [0, 0.1) is 0 Å². The van der Waals surface area contributed by atoms with Crippen LogP contribution in [0.3, 0.4) is 0 Å². The van der Waals surface area contributed by atoms with Crippen molar-refractivity contribution >= 4 is 65.8 Å². The van der Waals surface area contributed by atoms with Gasteiger partial charge in [-0.1, -0.05) is 65.8 Å². The smallest absolute Gasteiger partial charge is 0.199 e. The fourth-order valence-corrected chi connectivity index (χ4v) is 12.7. The third kappa shape index (κ3) is 4.49. The Bertz CT molecular complexity index is 1500. The highest BCUT2D eigenvalue weighted by molar-refractivity contribution is 7.95. The monoisotopic (exact) mass is 535 g/mol. The van der Waals surface area contributed by atoms with Crippen LogP contribution in [0.5, 0.6) is 0 Å². The van der Waals surface area contributed by atoms with Gasteiger partial charge in [0.1, 0.15) is 0 Å². The van der Waals surface area contributed by atoms with Crippen molar-refractivity contribution in [1.82, 2.24) is 4.98 Å². The molecule has 180 valence electrons. The number of benzene rings is 1. The zero-order chi connectivity index (χ0) is 25.0. The van der Waals surface area contributed by atoms with E-state index in [4.69, 9.17) is 4.98 Å². The van der Waals surface area contributed by atoms with E-state index in [-0.39, 0.29) is 10.8 Å². The van der Waals surface area contributed by atoms with E-state index in [2.05, 4.69) is 90.1 Å². The van der Waals surface area contributed by atoms with Gasteiger partial charge < -0.3 is 4.57 Å². The highest BCUT2D eigenvalue weighted by atomic mass is 32.1. The van der Waals surface area contributed by atoms with Gasteiger partial charge in [-0.2, -0.15) is 0 Å². The molecule has 0 radical (unpaired) electrons. The summed E-state index contributed by atoms with van der Waals surface area (Å²) in [5.41, 5.74) is 0.995. The molecule has 6 heteroatoms. The lowest BCUT2D eigenvalue weighted by atomic mass is 9.95. The first-order chi connectivity index (χ1) is 16.5. The molecule has 0 aliphatic carbocycles. The van der Waals surface area contributed by atoms with Crippen molar-refractivity contribution in [1.29, 1.82) is 0 Å². The van der Waals surface area contributed by atoms with Gasteiger partial charge in [0, 0.05) is 21.3 Å². The Hall–Kier alpha value is -2.04. The minimum absolute atomic E-state index is 0.0211. The first-order valence-corrected chi connectivity index (χ1v) is 15.9. The molecular weight excluding hydrogens is 506 g/mol. The van der Waals surface area contributed by atoms with Crippen molar-refractivity contribution in [2.24, 2.45) is 0 Å². The summed E-state index contributed by atoms with van der Waals surface area (Å²) in [4.78, 5) is 8.28. The van der Waals surface area contributed by atoms with Crippen molar-refractivity contribution < 1.29 is 4.57 Å². The standard InChI is InChI=1S/C29H30NOPS3/c1-28(2,3)22-12-15-25(34-22)32(31,26-16-13-23(35-26)29(4,5)6)24-14-11-21(33-24)27-20-10-8-7-9-19(20)17-18-30-27/h7-18H,1-6H3. The number of fused-ring (bicyclic) bond motifs is 1. The van der Waals surface area contributed by atoms with Crippen LogP contribution in [0.2, 0.25) is 0 Å². The topological polar surface area (TPSA) is 30.0 Å². The highest BCUT2D eigenvalue weighted by Gasteiger charge is 2.36. The second kappa shape index (κ2) is 8.81. The molecule has 0 aliphatic rings. The zero-order valence-electron chi connectivity index (χ0n) is 21.0. The van der Waals surface area contributed by atoms with E-state index in [1.165, 1.54) is 9.75 Å². The Kier molecular flexibility index (Phi) is 6.21. The maximum atomic E-state index is 15.2. The molecule has 0 saturated carbocycles. The molecule has 0 amide bonds. The van der Waals surface area contributed by atoms with Crippen LogP contribution in [0.15, 0.2) is 72.9 Å². The summed E-state index contributed by atoms with van der Waals surface area (Å²) in [6, 6.07) is 23.0. The van der Waals surface area contributed by atoms with Gasteiger partial charge in [-0.15, -0.1) is 34.0 Å². The van der Waals surface area contributed by atoms with E-state index in [0.29, 0.717) is 0 Å². The molecule has 0 unspecified atom stereocenters. The van der Waals surface area contributed by atoms with Crippen LogP contribution < -0.4 is 13.9 Å². The van der Waals surface area contributed by atoms with Gasteiger partial charge in [0.25, 0.3) is 0 Å². The lowest BCUT2D eigenvalue weighted by Crippen LogP contribution is -2.19. The van der Waals surface area contributed by atoms with Crippen molar-refractivity contribution in [3.8, 4) is 10.6 Å². The number of thiophene rings is 3. The Morgan fingerprint density at radius 2 is 1.20 bits per heavy atom. The maximum Gasteiger partial charge on any atom is 0.199 e. The fourth-order valence-electron chi connectivity index (χ4n) is 4.07. The lowest BCUT2D eigenvalue weighted by Gasteiger charge is -2.18. The molecular formula is C29H30NOPS3. The van der Waals surface area contributed by atoms with Gasteiger partial charge in [0.15, 0.2) is 7.14 Å². The van der Waals surface area contributed by atoms with E-state index in [1.807, 2.05) is 24.4 Å². The van der Waals surface area contributed by atoms with Crippen molar-refractivity contribution in [3.63, 3.8) is 0 Å². The normalized spacial score (nSPS) is 13.0. The summed E-state index contributed by atoms with van der Waals surface area (Å²) in [6.07, 6.45) is 1.86. The quantitative estimate of drug-likeness (QED) is 0.217. The SMILES string of the molecule is CC(C)(C)c1ccc(P(=O)(c2ccc(-c3nccc4ccccc34)s2)c2ccc(C(C)(C)C)s2)s1. The summed E-state index contributed by atoms with van der Waals surface area (Å²) in [7, 11) is -3.01. The fraction of sp³-hybridized carbons (Fsp3) is 0.276. The third-order valence-corrected chi connectivity index (χ3v) is 15.1. The predicted octanol–water partition coefficient (Wildman–Crippen LogP) is 8.32. The number of nitrogens with zero attached hydrogens (tertiary/aromatic N) is 1. The lowest BCUT2D eigenvalue weighted by molar-refractivity contribution is 0.593. The van der Waals surface area contributed by atoms with Crippen LogP contribution in [-0.4, -0.2) is 4.98 Å². The van der Waals surface area contributed by atoms with E-state index >= 15 is 4.57 Å². The summed E-state index contributed by atoms with van der Waals surface area (Å²) < 4.78 is 18.1. The van der Waals surface area contributed by atoms with Gasteiger partial charge in [-0.3, -0.25) is 4.98 Å². The largest absolute Gasteiger partial charge is 0.306 e. The summed E-state index contributed by atoms with van der Waals surface area (Å²) >= 11 is 5.01. The van der Waals surface area contributed by atoms with Crippen molar-refractivity contribution in [2.45, 2.75) is 52.4 Å². The number of hydrogen-bond donors (Lipinski definition) is 0. The average Bonchev–Trinajstić information content (AvgIpc) is 3.58. The zero-order valence-corrected chi connectivity index (χ0v) is 24.3. The van der Waals surface area contributed by atoms with Crippen LogP contribution in [0.4, 0.5) is 0 Å². The molecule has 0 N–H and O–H groups in total. The van der Waals surface area contributed by atoms with E-state index < -0.39 is 7.14 Å². The molecule has 0 atom stereocenters. The Morgan fingerprint density at radius 1 is 0.657 bits per heavy atom. The molecule has 4 aromatic heterocycles. The van der Waals surface area contributed by atoms with Crippen molar-refractivity contribution in [2.75, 3.05) is 0 Å². The van der Waals surface area contributed by atoms with Crippen LogP contribution >= 0.6 is 41.2 Å². The highest BCUT2D eigenvalue weighted by Crippen LogP contribution is 2.50. The maximum absolute atomic E-state index is 15.2. The molecule has 1 aromatic carbocycles. The molecule has 0 bridgehead atoms. The molecule has 35 heavy (non-hydrogen) atoms. The van der Waals surface area contributed by atoms with Gasteiger partial charge in [0.05, 0.1) is 24.4 Å². The van der Waals surface area contributed by atoms with Crippen LogP contribution in [0.1, 0.15) is 51.3 Å². The minimum Gasteiger partial charge on any atom is -0.306 e. The Labute approximate surface area is 220 Å². The van der Waals surface area contributed by atoms with Crippen molar-refractivity contribution in [3.05, 3.63) is 82.7 Å². The molecule has 5 aromatic rings. The molecule has 0 spiro atoms. The van der Waals surface area contributed by atoms with E-state index in [1.54, 1.807) is 34.0 Å². The second-order valence-electron chi connectivity index (χ2n) is 10.9. The van der Waals surface area contributed by atoms with E-state index in [0.717, 1.165) is 35.2 Å². The van der Waals surface area contributed by atoms with Crippen LogP contribution in [-0.2, 0) is 15.4 Å².